The topological polar surface area (TPSA) is 63.2 Å². The summed E-state index contributed by atoms with van der Waals surface area (Å²) < 4.78 is 18.4. The van der Waals surface area contributed by atoms with Gasteiger partial charge in [-0.05, 0) is 18.2 Å². The minimum atomic E-state index is -0.533. The number of carbonyl (C=O) groups is 1. The smallest absolute Gasteiger partial charge is 0.257 e. The maximum Gasteiger partial charge on any atom is 0.257 e. The Balaban J connectivity index is 2.21. The van der Waals surface area contributed by atoms with Crippen LogP contribution in [0.15, 0.2) is 36.7 Å². The van der Waals surface area contributed by atoms with E-state index in [0.717, 1.165) is 0 Å². The highest BCUT2D eigenvalue weighted by Crippen LogP contribution is 2.22. The number of pyridine rings is 1. The number of carbonyl (C=O) groups excluding carboxylic acids is 1. The van der Waals surface area contributed by atoms with Gasteiger partial charge in [0, 0.05) is 25.0 Å². The lowest BCUT2D eigenvalue weighted by molar-refractivity contribution is 0.102. The minimum absolute atomic E-state index is 0.128. The molecule has 0 radical (unpaired) electrons. The monoisotopic (exact) mass is 275 g/mol. The summed E-state index contributed by atoms with van der Waals surface area (Å²) in [6.45, 7) is 0. The number of methoxy groups -OCH3 is 1. The molecule has 1 amide bonds. The maximum atomic E-state index is 13.6. The average Bonchev–Trinajstić information content (AvgIpc) is 2.47. The zero-order chi connectivity index (χ0) is 14.5. The Kier molecular flexibility index (Phi) is 4.14. The largest absolute Gasteiger partial charge is 0.494 e. The van der Waals surface area contributed by atoms with E-state index in [1.165, 1.54) is 25.4 Å². The lowest BCUT2D eigenvalue weighted by Gasteiger charge is -2.10. The standard InChI is InChI=1S/C14H14FN3O2/c1-16-12-8-17-6-5-10(12)14(19)18-9-3-4-13(20-2)11(15)7-9/h3-8,16H,1-2H3,(H,18,19). The summed E-state index contributed by atoms with van der Waals surface area (Å²) in [5, 5.41) is 5.50. The van der Waals surface area contributed by atoms with Gasteiger partial charge in [0.1, 0.15) is 0 Å². The number of ether oxygens (including phenoxy) is 1. The van der Waals surface area contributed by atoms with E-state index in [1.54, 1.807) is 25.4 Å². The summed E-state index contributed by atoms with van der Waals surface area (Å²) in [6.07, 6.45) is 3.06. The van der Waals surface area contributed by atoms with Crippen LogP contribution in [0.25, 0.3) is 0 Å². The van der Waals surface area contributed by atoms with Crippen LogP contribution in [0.5, 0.6) is 5.75 Å². The Morgan fingerprint density at radius 1 is 1.35 bits per heavy atom. The van der Waals surface area contributed by atoms with Crippen LogP contribution in [-0.4, -0.2) is 25.0 Å². The molecule has 0 saturated heterocycles. The molecule has 1 aromatic carbocycles. The van der Waals surface area contributed by atoms with Crippen LogP contribution >= 0.6 is 0 Å². The fourth-order valence-electron chi connectivity index (χ4n) is 1.73. The summed E-state index contributed by atoms with van der Waals surface area (Å²) in [5.41, 5.74) is 1.38. The Morgan fingerprint density at radius 2 is 2.15 bits per heavy atom. The number of hydrogen-bond acceptors (Lipinski definition) is 4. The molecule has 0 fully saturated rings. The van der Waals surface area contributed by atoms with Crippen molar-refractivity contribution in [1.82, 2.24) is 4.98 Å². The highest BCUT2D eigenvalue weighted by atomic mass is 19.1. The van der Waals surface area contributed by atoms with Gasteiger partial charge < -0.3 is 15.4 Å². The molecule has 1 heterocycles. The normalized spacial score (nSPS) is 9.95. The quantitative estimate of drug-likeness (QED) is 0.900. The predicted molar refractivity (Wildman–Crippen MR) is 74.7 cm³/mol. The van der Waals surface area contributed by atoms with Crippen molar-refractivity contribution < 1.29 is 13.9 Å². The first kappa shape index (κ1) is 13.8. The van der Waals surface area contributed by atoms with E-state index in [9.17, 15) is 9.18 Å². The van der Waals surface area contributed by atoms with E-state index in [0.29, 0.717) is 16.9 Å². The molecule has 1 aromatic heterocycles. The third-order valence-corrected chi connectivity index (χ3v) is 2.74. The SMILES string of the molecule is CNc1cnccc1C(=O)Nc1ccc(OC)c(F)c1. The summed E-state index contributed by atoms with van der Waals surface area (Å²) in [5.74, 6) is -0.752. The van der Waals surface area contributed by atoms with Gasteiger partial charge in [0.05, 0.1) is 24.6 Å². The number of aromatic nitrogens is 1. The summed E-state index contributed by atoms with van der Waals surface area (Å²) in [6, 6.07) is 5.81. The van der Waals surface area contributed by atoms with Crippen molar-refractivity contribution >= 4 is 17.3 Å². The van der Waals surface area contributed by atoms with E-state index in [2.05, 4.69) is 15.6 Å². The van der Waals surface area contributed by atoms with Crippen molar-refractivity contribution in [2.75, 3.05) is 24.8 Å². The van der Waals surface area contributed by atoms with Gasteiger partial charge in [-0.15, -0.1) is 0 Å². The number of anilines is 2. The third-order valence-electron chi connectivity index (χ3n) is 2.74. The first-order chi connectivity index (χ1) is 9.65. The van der Waals surface area contributed by atoms with Crippen molar-refractivity contribution in [3.8, 4) is 5.75 Å². The third kappa shape index (κ3) is 2.85. The van der Waals surface area contributed by atoms with Crippen LogP contribution in [0.3, 0.4) is 0 Å². The number of hydrogen-bond donors (Lipinski definition) is 2. The van der Waals surface area contributed by atoms with Gasteiger partial charge >= 0.3 is 0 Å². The molecule has 20 heavy (non-hydrogen) atoms. The van der Waals surface area contributed by atoms with Crippen molar-refractivity contribution in [1.29, 1.82) is 0 Å². The molecule has 0 unspecified atom stereocenters. The van der Waals surface area contributed by atoms with Crippen LogP contribution in [0.1, 0.15) is 10.4 Å². The minimum Gasteiger partial charge on any atom is -0.494 e. The molecule has 0 bridgehead atoms. The number of benzene rings is 1. The Morgan fingerprint density at radius 3 is 2.80 bits per heavy atom. The highest BCUT2D eigenvalue weighted by molar-refractivity contribution is 6.07. The second-order valence-electron chi connectivity index (χ2n) is 3.97. The molecular weight excluding hydrogens is 261 g/mol. The zero-order valence-electron chi connectivity index (χ0n) is 11.1. The Labute approximate surface area is 115 Å². The van der Waals surface area contributed by atoms with Crippen molar-refractivity contribution in [3.05, 3.63) is 48.0 Å². The first-order valence-electron chi connectivity index (χ1n) is 5.92. The molecule has 0 spiro atoms. The molecule has 0 saturated carbocycles. The predicted octanol–water partition coefficient (Wildman–Crippen LogP) is 2.52. The van der Waals surface area contributed by atoms with Crippen LogP contribution in [0, 0.1) is 5.82 Å². The Bertz CT molecular complexity index is 632. The molecule has 2 N–H and O–H groups in total. The number of halogens is 1. The lowest BCUT2D eigenvalue weighted by atomic mass is 10.2. The molecule has 0 atom stereocenters. The molecule has 2 aromatic rings. The van der Waals surface area contributed by atoms with Gasteiger partial charge in [-0.25, -0.2) is 4.39 Å². The Hall–Kier alpha value is -2.63. The fourth-order valence-corrected chi connectivity index (χ4v) is 1.73. The summed E-state index contributed by atoms with van der Waals surface area (Å²) >= 11 is 0. The number of rotatable bonds is 4. The highest BCUT2D eigenvalue weighted by Gasteiger charge is 2.12. The molecular formula is C14H14FN3O2. The van der Waals surface area contributed by atoms with E-state index >= 15 is 0 Å². The van der Waals surface area contributed by atoms with Crippen molar-refractivity contribution in [2.24, 2.45) is 0 Å². The van der Waals surface area contributed by atoms with Gasteiger partial charge in [0.25, 0.3) is 5.91 Å². The molecule has 0 aliphatic rings. The van der Waals surface area contributed by atoms with Crippen molar-refractivity contribution in [3.63, 3.8) is 0 Å². The summed E-state index contributed by atoms with van der Waals surface area (Å²) in [4.78, 5) is 16.1. The van der Waals surface area contributed by atoms with E-state index in [4.69, 9.17) is 4.74 Å². The average molecular weight is 275 g/mol. The van der Waals surface area contributed by atoms with E-state index < -0.39 is 5.82 Å². The zero-order valence-corrected chi connectivity index (χ0v) is 11.1. The van der Waals surface area contributed by atoms with Gasteiger partial charge in [-0.1, -0.05) is 0 Å². The van der Waals surface area contributed by atoms with Gasteiger partial charge in [0.2, 0.25) is 0 Å². The molecule has 104 valence electrons. The molecule has 5 nitrogen and oxygen atoms in total. The molecule has 0 aliphatic heterocycles. The van der Waals surface area contributed by atoms with Crippen LogP contribution < -0.4 is 15.4 Å². The van der Waals surface area contributed by atoms with E-state index in [1.807, 2.05) is 0 Å². The van der Waals surface area contributed by atoms with Gasteiger partial charge in [-0.2, -0.15) is 0 Å². The van der Waals surface area contributed by atoms with E-state index in [-0.39, 0.29) is 11.7 Å². The lowest BCUT2D eigenvalue weighted by Crippen LogP contribution is -2.14. The maximum absolute atomic E-state index is 13.6. The second kappa shape index (κ2) is 6.01. The number of amides is 1. The van der Waals surface area contributed by atoms with Gasteiger partial charge in [0.15, 0.2) is 11.6 Å². The van der Waals surface area contributed by atoms with Gasteiger partial charge in [-0.3, -0.25) is 9.78 Å². The first-order valence-corrected chi connectivity index (χ1v) is 5.92. The van der Waals surface area contributed by atoms with Crippen LogP contribution in [0.2, 0.25) is 0 Å². The van der Waals surface area contributed by atoms with Crippen LogP contribution in [-0.2, 0) is 0 Å². The van der Waals surface area contributed by atoms with Crippen molar-refractivity contribution in [2.45, 2.75) is 0 Å². The summed E-state index contributed by atoms with van der Waals surface area (Å²) in [7, 11) is 3.08. The second-order valence-corrected chi connectivity index (χ2v) is 3.97. The number of nitrogens with zero attached hydrogens (tertiary/aromatic N) is 1. The fraction of sp³-hybridized carbons (Fsp3) is 0.143. The number of nitrogens with one attached hydrogen (secondary N) is 2. The molecule has 6 heteroatoms. The van der Waals surface area contributed by atoms with Crippen LogP contribution in [0.4, 0.5) is 15.8 Å². The molecule has 0 aliphatic carbocycles. The molecule has 2 rings (SSSR count).